The minimum absolute atomic E-state index is 0.145. The summed E-state index contributed by atoms with van der Waals surface area (Å²) < 4.78 is 13.9. The molecule has 2 aromatic carbocycles. The van der Waals surface area contributed by atoms with Gasteiger partial charge >= 0.3 is 0 Å². The molecule has 0 bridgehead atoms. The van der Waals surface area contributed by atoms with Gasteiger partial charge < -0.3 is 5.32 Å². The Morgan fingerprint density at radius 2 is 1.78 bits per heavy atom. The summed E-state index contributed by atoms with van der Waals surface area (Å²) in [4.78, 5) is 0. The maximum atomic E-state index is 12.8. The number of halogens is 2. The molecule has 18 heavy (non-hydrogen) atoms. The molecule has 1 nitrogen and oxygen atoms in total. The van der Waals surface area contributed by atoms with Crippen molar-refractivity contribution in [2.75, 3.05) is 5.32 Å². The lowest BCUT2D eigenvalue weighted by Gasteiger charge is -2.16. The molecule has 0 saturated heterocycles. The zero-order chi connectivity index (χ0) is 13.1. The van der Waals surface area contributed by atoms with Gasteiger partial charge in [-0.05, 0) is 55.3 Å². The lowest BCUT2D eigenvalue weighted by molar-refractivity contribution is 0.626. The van der Waals surface area contributed by atoms with E-state index >= 15 is 0 Å². The van der Waals surface area contributed by atoms with Crippen LogP contribution in [0.1, 0.15) is 24.1 Å². The van der Waals surface area contributed by atoms with Crippen molar-refractivity contribution in [1.29, 1.82) is 0 Å². The highest BCUT2D eigenvalue weighted by Crippen LogP contribution is 2.24. The Kier molecular flexibility index (Phi) is 4.02. The summed E-state index contributed by atoms with van der Waals surface area (Å²) in [5.74, 6) is -0.203. The van der Waals surface area contributed by atoms with E-state index in [2.05, 4.69) is 41.2 Å². The SMILES string of the molecule is Cc1cc(NC(C)c2ccc(F)cc2)ccc1Br. The van der Waals surface area contributed by atoms with Crippen LogP contribution in [-0.2, 0) is 0 Å². The number of hydrogen-bond donors (Lipinski definition) is 1. The van der Waals surface area contributed by atoms with E-state index in [9.17, 15) is 4.39 Å². The second kappa shape index (κ2) is 5.53. The fourth-order valence-corrected chi connectivity index (χ4v) is 2.07. The first-order valence-corrected chi connectivity index (χ1v) is 6.64. The molecular formula is C15H15BrFN. The van der Waals surface area contributed by atoms with E-state index in [1.165, 1.54) is 17.7 Å². The first-order valence-electron chi connectivity index (χ1n) is 5.84. The van der Waals surface area contributed by atoms with Gasteiger partial charge in [-0.15, -0.1) is 0 Å². The molecule has 0 aliphatic heterocycles. The van der Waals surface area contributed by atoms with Crippen LogP contribution in [0, 0.1) is 12.7 Å². The van der Waals surface area contributed by atoms with Crippen molar-refractivity contribution in [2.24, 2.45) is 0 Å². The Morgan fingerprint density at radius 3 is 2.39 bits per heavy atom. The average Bonchev–Trinajstić information content (AvgIpc) is 2.34. The monoisotopic (exact) mass is 307 g/mol. The topological polar surface area (TPSA) is 12.0 Å². The molecule has 94 valence electrons. The predicted molar refractivity (Wildman–Crippen MR) is 77.3 cm³/mol. The average molecular weight is 308 g/mol. The van der Waals surface area contributed by atoms with Crippen LogP contribution in [0.25, 0.3) is 0 Å². The maximum Gasteiger partial charge on any atom is 0.123 e. The maximum absolute atomic E-state index is 12.8. The highest BCUT2D eigenvalue weighted by molar-refractivity contribution is 9.10. The molecule has 1 unspecified atom stereocenters. The van der Waals surface area contributed by atoms with Crippen molar-refractivity contribution in [3.8, 4) is 0 Å². The lowest BCUT2D eigenvalue weighted by atomic mass is 10.1. The van der Waals surface area contributed by atoms with Crippen LogP contribution >= 0.6 is 15.9 Å². The molecule has 0 amide bonds. The fourth-order valence-electron chi connectivity index (χ4n) is 1.82. The first kappa shape index (κ1) is 13.1. The molecule has 0 spiro atoms. The van der Waals surface area contributed by atoms with Crippen molar-refractivity contribution in [1.82, 2.24) is 0 Å². The van der Waals surface area contributed by atoms with Gasteiger partial charge in [0.2, 0.25) is 0 Å². The van der Waals surface area contributed by atoms with Crippen LogP contribution in [0.2, 0.25) is 0 Å². The van der Waals surface area contributed by atoms with E-state index < -0.39 is 0 Å². The highest BCUT2D eigenvalue weighted by Gasteiger charge is 2.06. The summed E-state index contributed by atoms with van der Waals surface area (Å²) >= 11 is 3.48. The minimum atomic E-state index is -0.203. The molecule has 0 aliphatic carbocycles. The summed E-state index contributed by atoms with van der Waals surface area (Å²) in [6, 6.07) is 12.9. The van der Waals surface area contributed by atoms with Gasteiger partial charge in [0.15, 0.2) is 0 Å². The molecule has 0 radical (unpaired) electrons. The third-order valence-electron chi connectivity index (χ3n) is 2.91. The molecule has 0 heterocycles. The van der Waals surface area contributed by atoms with Crippen molar-refractivity contribution in [3.05, 3.63) is 63.9 Å². The van der Waals surface area contributed by atoms with Crippen molar-refractivity contribution in [2.45, 2.75) is 19.9 Å². The van der Waals surface area contributed by atoms with E-state index in [1.54, 1.807) is 12.1 Å². The zero-order valence-corrected chi connectivity index (χ0v) is 12.0. The van der Waals surface area contributed by atoms with E-state index in [4.69, 9.17) is 0 Å². The standard InChI is InChI=1S/C15H15BrFN/c1-10-9-14(7-8-15(10)16)18-11(2)12-3-5-13(17)6-4-12/h3-9,11,18H,1-2H3. The van der Waals surface area contributed by atoms with E-state index in [0.29, 0.717) is 0 Å². The summed E-state index contributed by atoms with van der Waals surface area (Å²) in [5, 5.41) is 3.40. The van der Waals surface area contributed by atoms with E-state index in [-0.39, 0.29) is 11.9 Å². The highest BCUT2D eigenvalue weighted by atomic mass is 79.9. The van der Waals surface area contributed by atoms with Crippen LogP contribution in [-0.4, -0.2) is 0 Å². The first-order chi connectivity index (χ1) is 8.56. The van der Waals surface area contributed by atoms with Crippen LogP contribution in [0.4, 0.5) is 10.1 Å². The van der Waals surface area contributed by atoms with Crippen molar-refractivity contribution in [3.63, 3.8) is 0 Å². The van der Waals surface area contributed by atoms with Crippen LogP contribution in [0.3, 0.4) is 0 Å². The third-order valence-corrected chi connectivity index (χ3v) is 3.80. The van der Waals surface area contributed by atoms with Crippen LogP contribution in [0.5, 0.6) is 0 Å². The Labute approximate surface area is 115 Å². The second-order valence-corrected chi connectivity index (χ2v) is 5.24. The number of nitrogens with one attached hydrogen (secondary N) is 1. The molecule has 0 fully saturated rings. The molecule has 0 saturated carbocycles. The fraction of sp³-hybridized carbons (Fsp3) is 0.200. The molecule has 1 N–H and O–H groups in total. The summed E-state index contributed by atoms with van der Waals surface area (Å²) in [7, 11) is 0. The summed E-state index contributed by atoms with van der Waals surface area (Å²) in [6.07, 6.45) is 0. The number of benzene rings is 2. The van der Waals surface area contributed by atoms with Gasteiger partial charge in [0, 0.05) is 16.2 Å². The van der Waals surface area contributed by atoms with Gasteiger partial charge in [-0.25, -0.2) is 4.39 Å². The normalized spacial score (nSPS) is 12.2. The van der Waals surface area contributed by atoms with Crippen LogP contribution in [0.15, 0.2) is 46.9 Å². The van der Waals surface area contributed by atoms with Gasteiger partial charge in [0.25, 0.3) is 0 Å². The van der Waals surface area contributed by atoms with Gasteiger partial charge in [-0.2, -0.15) is 0 Å². The van der Waals surface area contributed by atoms with Gasteiger partial charge in [0.1, 0.15) is 5.82 Å². The Hall–Kier alpha value is -1.35. The Morgan fingerprint density at radius 1 is 1.11 bits per heavy atom. The van der Waals surface area contributed by atoms with Crippen molar-refractivity contribution >= 4 is 21.6 Å². The predicted octanol–water partition coefficient (Wildman–Crippen LogP) is 5.07. The van der Waals surface area contributed by atoms with Crippen LogP contribution < -0.4 is 5.32 Å². The molecule has 0 aromatic heterocycles. The lowest BCUT2D eigenvalue weighted by Crippen LogP contribution is -2.06. The van der Waals surface area contributed by atoms with Gasteiger partial charge in [-0.1, -0.05) is 28.1 Å². The molecule has 2 rings (SSSR count). The van der Waals surface area contributed by atoms with Crippen molar-refractivity contribution < 1.29 is 4.39 Å². The largest absolute Gasteiger partial charge is 0.379 e. The smallest absolute Gasteiger partial charge is 0.123 e. The molecule has 1 atom stereocenters. The van der Waals surface area contributed by atoms with E-state index in [0.717, 1.165) is 15.7 Å². The summed E-state index contributed by atoms with van der Waals surface area (Å²) in [6.45, 7) is 4.11. The molecule has 0 aliphatic rings. The molecule has 3 heteroatoms. The number of aryl methyl sites for hydroxylation is 1. The van der Waals surface area contributed by atoms with Gasteiger partial charge in [0.05, 0.1) is 0 Å². The Bertz CT molecular complexity index is 537. The second-order valence-electron chi connectivity index (χ2n) is 4.38. The Balaban J connectivity index is 2.13. The summed E-state index contributed by atoms with van der Waals surface area (Å²) in [5.41, 5.74) is 3.32. The van der Waals surface area contributed by atoms with Gasteiger partial charge in [-0.3, -0.25) is 0 Å². The third kappa shape index (κ3) is 3.10. The minimum Gasteiger partial charge on any atom is -0.379 e. The zero-order valence-electron chi connectivity index (χ0n) is 10.4. The van der Waals surface area contributed by atoms with E-state index in [1.807, 2.05) is 12.1 Å². The number of rotatable bonds is 3. The number of hydrogen-bond acceptors (Lipinski definition) is 1. The number of anilines is 1. The molecule has 2 aromatic rings. The molecular weight excluding hydrogens is 293 g/mol. The quantitative estimate of drug-likeness (QED) is 0.834.